The summed E-state index contributed by atoms with van der Waals surface area (Å²) in [4.78, 5) is 0. The largest absolute Gasteiger partial charge is 0.0654 e. The molecule has 0 aliphatic heterocycles. The Kier molecular flexibility index (Phi) is 35.7. The van der Waals surface area contributed by atoms with Crippen molar-refractivity contribution in [3.8, 4) is 66.8 Å². The zero-order valence-corrected chi connectivity index (χ0v) is 64.4. The van der Waals surface area contributed by atoms with Crippen LogP contribution in [0.5, 0.6) is 0 Å². The minimum absolute atomic E-state index is 1.20. The van der Waals surface area contributed by atoms with Gasteiger partial charge in [0.2, 0.25) is 0 Å². The van der Waals surface area contributed by atoms with Crippen molar-refractivity contribution in [1.82, 2.24) is 0 Å². The molecule has 0 heterocycles. The van der Waals surface area contributed by atoms with E-state index in [4.69, 9.17) is 0 Å². The summed E-state index contributed by atoms with van der Waals surface area (Å²) >= 11 is 0. The molecule has 12 aromatic rings. The average Bonchev–Trinajstić information content (AvgIpc) is 0.908. The van der Waals surface area contributed by atoms with E-state index in [0.29, 0.717) is 0 Å². The monoisotopic (exact) mass is 1340 g/mol. The van der Waals surface area contributed by atoms with Crippen LogP contribution in [0.1, 0.15) is 185 Å². The highest BCUT2D eigenvalue weighted by Gasteiger charge is 2.05. The Labute approximate surface area is 619 Å². The van der Waals surface area contributed by atoms with E-state index in [-0.39, 0.29) is 0 Å². The number of hydrogen-bond donors (Lipinski definition) is 0. The molecule has 12 rings (SSSR count). The second-order valence-corrected chi connectivity index (χ2v) is 28.0. The van der Waals surface area contributed by atoms with Crippen molar-refractivity contribution in [3.05, 3.63) is 358 Å². The van der Waals surface area contributed by atoms with Gasteiger partial charge in [0.05, 0.1) is 0 Å². The first-order chi connectivity index (χ1) is 49.8. The van der Waals surface area contributed by atoms with Crippen LogP contribution >= 0.6 is 0 Å². The van der Waals surface area contributed by atoms with Crippen molar-refractivity contribution in [3.63, 3.8) is 0 Å². The summed E-state index contributed by atoms with van der Waals surface area (Å²) in [5.41, 5.74) is 32.2. The Balaban J connectivity index is 0.000000172. The summed E-state index contributed by atoms with van der Waals surface area (Å²) in [6.45, 7) is 26.2. The van der Waals surface area contributed by atoms with Gasteiger partial charge in [0.1, 0.15) is 0 Å². The third kappa shape index (κ3) is 28.9. The van der Waals surface area contributed by atoms with Gasteiger partial charge in [0, 0.05) is 0 Å². The summed E-state index contributed by atoms with van der Waals surface area (Å²) in [6.07, 6.45) is 22.5. The van der Waals surface area contributed by atoms with Crippen LogP contribution in [0.2, 0.25) is 0 Å². The van der Waals surface area contributed by atoms with Crippen LogP contribution in [-0.4, -0.2) is 0 Å². The number of benzene rings is 12. The fourth-order valence-electron chi connectivity index (χ4n) is 11.9. The third-order valence-corrected chi connectivity index (χ3v) is 18.9. The highest BCUT2D eigenvalue weighted by molar-refractivity contribution is 5.68. The van der Waals surface area contributed by atoms with Crippen LogP contribution in [0, 0.1) is 41.5 Å². The van der Waals surface area contributed by atoms with E-state index in [1.807, 2.05) is 0 Å². The molecule has 0 aliphatic rings. The van der Waals surface area contributed by atoms with Crippen LogP contribution in [-0.2, 0) is 38.5 Å². The van der Waals surface area contributed by atoms with E-state index in [2.05, 4.69) is 374 Å². The van der Waals surface area contributed by atoms with E-state index >= 15 is 0 Å². The predicted molar refractivity (Wildman–Crippen MR) is 451 cm³/mol. The third-order valence-electron chi connectivity index (χ3n) is 18.9. The van der Waals surface area contributed by atoms with Crippen molar-refractivity contribution in [2.24, 2.45) is 0 Å². The van der Waals surface area contributed by atoms with Gasteiger partial charge >= 0.3 is 0 Å². The lowest BCUT2D eigenvalue weighted by atomic mass is 10.0. The molecule has 12 aromatic carbocycles. The lowest BCUT2D eigenvalue weighted by molar-refractivity contribution is 0.795. The maximum atomic E-state index is 2.25. The SMILES string of the molecule is CCCCc1ccc(-c2ccc(C)cc2)cc1.CCCCc1ccc(-c2ccc(C)cc2)cc1.CCCCc1ccc(-c2ccc(C)cc2)cc1.CCCCc1ccc(-c2ccc(C)cc2)cc1.CCCCc1ccc(-c2ccc(C)cc2)cc1.CCCCc1ccc(-c2ccc(C)cc2)cc1. The topological polar surface area (TPSA) is 0 Å². The fourth-order valence-corrected chi connectivity index (χ4v) is 11.9. The molecule has 0 atom stereocenters. The molecule has 0 fully saturated rings. The van der Waals surface area contributed by atoms with Gasteiger partial charge in [0.25, 0.3) is 0 Å². The standard InChI is InChI=1S/6C17H20/c6*1-3-4-5-15-8-12-17(13-9-15)16-10-6-14(2)7-11-16/h6*6-13H,3-5H2,1-2H3. The van der Waals surface area contributed by atoms with E-state index in [1.54, 1.807) is 0 Å². The molecule has 0 nitrogen and oxygen atoms in total. The van der Waals surface area contributed by atoms with Gasteiger partial charge in [-0.25, -0.2) is 0 Å². The second-order valence-electron chi connectivity index (χ2n) is 28.0. The summed E-state index contributed by atoms with van der Waals surface area (Å²) in [5, 5.41) is 0. The Morgan fingerprint density at radius 3 is 0.304 bits per heavy atom. The molecule has 0 heteroatoms. The fraction of sp³-hybridized carbons (Fsp3) is 0.294. The van der Waals surface area contributed by atoms with Crippen molar-refractivity contribution in [2.45, 2.75) is 199 Å². The first-order valence-corrected chi connectivity index (χ1v) is 38.7. The van der Waals surface area contributed by atoms with Crippen molar-refractivity contribution in [1.29, 1.82) is 0 Å². The normalized spacial score (nSPS) is 10.5. The van der Waals surface area contributed by atoms with Gasteiger partial charge in [-0.2, -0.15) is 0 Å². The average molecular weight is 1350 g/mol. The van der Waals surface area contributed by atoms with Crippen LogP contribution in [0.15, 0.2) is 291 Å². The Morgan fingerprint density at radius 1 is 0.127 bits per heavy atom. The lowest BCUT2D eigenvalue weighted by Gasteiger charge is -2.04. The molecule has 0 N–H and O–H groups in total. The quantitative estimate of drug-likeness (QED) is 0.0566. The van der Waals surface area contributed by atoms with Gasteiger partial charge in [0.15, 0.2) is 0 Å². The van der Waals surface area contributed by atoms with E-state index in [9.17, 15) is 0 Å². The summed E-state index contributed by atoms with van der Waals surface area (Å²) in [6, 6.07) is 106. The molecular formula is C102H120. The van der Waals surface area contributed by atoms with Crippen LogP contribution in [0.25, 0.3) is 66.8 Å². The Morgan fingerprint density at radius 2 is 0.216 bits per heavy atom. The lowest BCUT2D eigenvalue weighted by Crippen LogP contribution is -1.85. The second kappa shape index (κ2) is 45.5. The Bertz CT molecular complexity index is 3410. The molecule has 0 bridgehead atoms. The highest BCUT2D eigenvalue weighted by atomic mass is 14.1. The van der Waals surface area contributed by atoms with Gasteiger partial charge in [-0.1, -0.05) is 405 Å². The molecule has 0 saturated heterocycles. The molecular weight excluding hydrogens is 1230 g/mol. The minimum Gasteiger partial charge on any atom is -0.0654 e. The van der Waals surface area contributed by atoms with Gasteiger partial charge in [-0.15, -0.1) is 0 Å². The highest BCUT2D eigenvalue weighted by Crippen LogP contribution is 2.27. The van der Waals surface area contributed by atoms with Crippen molar-refractivity contribution in [2.75, 3.05) is 0 Å². The number of rotatable bonds is 24. The van der Waals surface area contributed by atoms with Crippen LogP contribution < -0.4 is 0 Å². The first-order valence-electron chi connectivity index (χ1n) is 38.7. The first kappa shape index (κ1) is 80.0. The zero-order valence-electron chi connectivity index (χ0n) is 64.4. The molecule has 528 valence electrons. The Hall–Kier alpha value is -9.36. The van der Waals surface area contributed by atoms with Gasteiger partial charge < -0.3 is 0 Å². The smallest absolute Gasteiger partial charge is 0.0184 e. The van der Waals surface area contributed by atoms with E-state index < -0.39 is 0 Å². The van der Waals surface area contributed by atoms with E-state index in [1.165, 1.54) is 249 Å². The molecule has 0 saturated carbocycles. The summed E-state index contributed by atoms with van der Waals surface area (Å²) in [7, 11) is 0. The molecule has 0 amide bonds. The van der Waals surface area contributed by atoms with Crippen molar-refractivity contribution >= 4 is 0 Å². The molecule has 0 aliphatic carbocycles. The number of unbranched alkanes of at least 4 members (excludes halogenated alkanes) is 6. The van der Waals surface area contributed by atoms with Gasteiger partial charge in [-0.05, 0) is 219 Å². The summed E-state index contributed by atoms with van der Waals surface area (Å²) < 4.78 is 0. The maximum Gasteiger partial charge on any atom is -0.0184 e. The molecule has 0 unspecified atom stereocenters. The molecule has 102 heavy (non-hydrogen) atoms. The molecule has 0 aromatic heterocycles. The molecule has 0 spiro atoms. The van der Waals surface area contributed by atoms with Crippen LogP contribution in [0.4, 0.5) is 0 Å². The summed E-state index contributed by atoms with van der Waals surface area (Å²) in [5.74, 6) is 0. The zero-order chi connectivity index (χ0) is 72.5. The predicted octanol–water partition coefficient (Wildman–Crippen LogP) is 30.0. The van der Waals surface area contributed by atoms with E-state index in [0.717, 1.165) is 0 Å². The van der Waals surface area contributed by atoms with Crippen molar-refractivity contribution < 1.29 is 0 Å². The minimum atomic E-state index is 1.20. The number of aryl methyl sites for hydroxylation is 12. The molecule has 0 radical (unpaired) electrons. The number of hydrogen-bond acceptors (Lipinski definition) is 0. The maximum absolute atomic E-state index is 2.25. The van der Waals surface area contributed by atoms with Crippen LogP contribution in [0.3, 0.4) is 0 Å². The van der Waals surface area contributed by atoms with Gasteiger partial charge in [-0.3, -0.25) is 0 Å².